The Kier molecular flexibility index (Phi) is 6.04. The van der Waals surface area contributed by atoms with Crippen LogP contribution in [0.15, 0.2) is 28.0 Å². The topological polar surface area (TPSA) is 32.6 Å². The van der Waals surface area contributed by atoms with Crippen LogP contribution < -0.4 is 0 Å². The average Bonchev–Trinajstić information content (AvgIpc) is 2.99. The van der Waals surface area contributed by atoms with Crippen molar-refractivity contribution in [2.24, 2.45) is 44.6 Å². The van der Waals surface area contributed by atoms with Gasteiger partial charge in [-0.15, -0.1) is 0 Å². The number of hydrogen-bond donors (Lipinski definition) is 1. The van der Waals surface area contributed by atoms with E-state index in [1.54, 1.807) is 0 Å². The molecule has 4 aliphatic carbocycles. The van der Waals surface area contributed by atoms with Crippen molar-refractivity contribution in [2.45, 2.75) is 120 Å². The third-order valence-corrected chi connectivity index (χ3v) is 11.6. The SMILES string of the molecule is CC(C)=CCC[C@@H](C)[C@H]1CC[C@@]2(C)C3=C(CC[C@]12C)[C@@]1(C)CC/C(=N\O)C(C)(C)[C@@H]1CC3. The van der Waals surface area contributed by atoms with Gasteiger partial charge in [-0.3, -0.25) is 0 Å². The molecule has 2 fully saturated rings. The Morgan fingerprint density at radius 1 is 1.00 bits per heavy atom. The van der Waals surface area contributed by atoms with Crippen molar-refractivity contribution < 1.29 is 5.21 Å². The summed E-state index contributed by atoms with van der Waals surface area (Å²) < 4.78 is 0. The second-order valence-corrected chi connectivity index (χ2v) is 13.5. The lowest BCUT2D eigenvalue weighted by Crippen LogP contribution is -2.54. The number of rotatable bonds is 4. The highest BCUT2D eigenvalue weighted by atomic mass is 16.4. The van der Waals surface area contributed by atoms with E-state index < -0.39 is 0 Å². The maximum absolute atomic E-state index is 9.68. The van der Waals surface area contributed by atoms with Gasteiger partial charge in [0, 0.05) is 5.41 Å². The first-order valence-electron chi connectivity index (χ1n) is 13.5. The average molecular weight is 440 g/mol. The third-order valence-electron chi connectivity index (χ3n) is 11.6. The number of oxime groups is 1. The van der Waals surface area contributed by atoms with Gasteiger partial charge in [-0.1, -0.05) is 69.5 Å². The highest BCUT2D eigenvalue weighted by molar-refractivity contribution is 5.90. The largest absolute Gasteiger partial charge is 0.411 e. The van der Waals surface area contributed by atoms with Gasteiger partial charge in [0.05, 0.1) is 5.71 Å². The highest BCUT2D eigenvalue weighted by Crippen LogP contribution is 2.72. The lowest BCUT2D eigenvalue weighted by atomic mass is 9.43. The summed E-state index contributed by atoms with van der Waals surface area (Å²) in [5.41, 5.74) is 7.29. The van der Waals surface area contributed by atoms with Crippen LogP contribution in [0.3, 0.4) is 0 Å². The molecule has 2 heteroatoms. The van der Waals surface area contributed by atoms with Crippen LogP contribution in [0.2, 0.25) is 0 Å². The van der Waals surface area contributed by atoms with Crippen LogP contribution in [0.25, 0.3) is 0 Å². The zero-order valence-corrected chi connectivity index (χ0v) is 22.3. The lowest BCUT2D eigenvalue weighted by molar-refractivity contribution is 0.00952. The van der Waals surface area contributed by atoms with Gasteiger partial charge in [-0.05, 0) is 112 Å². The Morgan fingerprint density at radius 3 is 2.38 bits per heavy atom. The summed E-state index contributed by atoms with van der Waals surface area (Å²) in [4.78, 5) is 0. The summed E-state index contributed by atoms with van der Waals surface area (Å²) >= 11 is 0. The van der Waals surface area contributed by atoms with E-state index in [1.807, 2.05) is 11.1 Å². The number of fused-ring (bicyclic) bond motifs is 4. The van der Waals surface area contributed by atoms with E-state index in [-0.39, 0.29) is 10.8 Å². The molecule has 4 aliphatic rings. The van der Waals surface area contributed by atoms with Crippen LogP contribution in [-0.2, 0) is 0 Å². The minimum Gasteiger partial charge on any atom is -0.411 e. The summed E-state index contributed by atoms with van der Waals surface area (Å²) in [5.74, 6) is 2.26. The molecular weight excluding hydrogens is 390 g/mol. The Morgan fingerprint density at radius 2 is 1.72 bits per heavy atom. The zero-order chi connectivity index (χ0) is 23.5. The summed E-state index contributed by atoms with van der Waals surface area (Å²) in [6, 6.07) is 0. The smallest absolute Gasteiger partial charge is 0.0630 e. The maximum Gasteiger partial charge on any atom is 0.0630 e. The fraction of sp³-hybridized carbons (Fsp3) is 0.833. The van der Waals surface area contributed by atoms with E-state index >= 15 is 0 Å². The normalized spacial score (nSPS) is 42.8. The molecule has 2 nitrogen and oxygen atoms in total. The Hall–Kier alpha value is -1.05. The van der Waals surface area contributed by atoms with Gasteiger partial charge in [0.15, 0.2) is 0 Å². The fourth-order valence-corrected chi connectivity index (χ4v) is 9.47. The summed E-state index contributed by atoms with van der Waals surface area (Å²) in [6.45, 7) is 19.6. The molecule has 0 heterocycles. The van der Waals surface area contributed by atoms with E-state index in [9.17, 15) is 5.21 Å². The predicted octanol–water partition coefficient (Wildman–Crippen LogP) is 8.95. The van der Waals surface area contributed by atoms with Crippen molar-refractivity contribution in [3.63, 3.8) is 0 Å². The van der Waals surface area contributed by atoms with Gasteiger partial charge < -0.3 is 5.21 Å². The van der Waals surface area contributed by atoms with E-state index in [2.05, 4.69) is 66.6 Å². The molecule has 0 unspecified atom stereocenters. The molecule has 0 aliphatic heterocycles. The van der Waals surface area contributed by atoms with Crippen LogP contribution in [0.5, 0.6) is 0 Å². The molecule has 0 saturated heterocycles. The predicted molar refractivity (Wildman–Crippen MR) is 136 cm³/mol. The van der Waals surface area contributed by atoms with Crippen LogP contribution in [0, 0.1) is 39.4 Å². The van der Waals surface area contributed by atoms with Crippen LogP contribution in [0.4, 0.5) is 0 Å². The summed E-state index contributed by atoms with van der Waals surface area (Å²) in [5, 5.41) is 13.4. The van der Waals surface area contributed by atoms with Crippen molar-refractivity contribution >= 4 is 5.71 Å². The second kappa shape index (κ2) is 8.02. The molecule has 6 atom stereocenters. The first kappa shape index (κ1) is 24.1. The Labute approximate surface area is 198 Å². The molecule has 0 spiro atoms. The lowest BCUT2D eigenvalue weighted by Gasteiger charge is -2.61. The van der Waals surface area contributed by atoms with Crippen molar-refractivity contribution in [1.29, 1.82) is 0 Å². The highest BCUT2D eigenvalue weighted by Gasteiger charge is 2.63. The van der Waals surface area contributed by atoms with Crippen molar-refractivity contribution in [2.75, 3.05) is 0 Å². The van der Waals surface area contributed by atoms with E-state index in [1.165, 1.54) is 56.9 Å². The fourth-order valence-electron chi connectivity index (χ4n) is 9.47. The number of nitrogens with zero attached hydrogens (tertiary/aromatic N) is 1. The molecule has 32 heavy (non-hydrogen) atoms. The standard InChI is InChI=1S/C30H49NO/c1-20(2)10-9-11-21(3)22-14-18-30(8)24-12-13-25-27(4,5)26(31-32)16-17-28(25,6)23(24)15-19-29(22,30)7/h10,21-22,25,32H,9,11-19H2,1-8H3/b31-26+/t21-,22-,25+,28-,29-,30+/m1/s1. The van der Waals surface area contributed by atoms with Gasteiger partial charge in [-0.2, -0.15) is 0 Å². The van der Waals surface area contributed by atoms with Crippen molar-refractivity contribution in [3.8, 4) is 0 Å². The molecule has 4 rings (SSSR count). The first-order valence-corrected chi connectivity index (χ1v) is 13.5. The quantitative estimate of drug-likeness (QED) is 0.264. The minimum atomic E-state index is -0.000410. The van der Waals surface area contributed by atoms with E-state index in [0.29, 0.717) is 16.7 Å². The van der Waals surface area contributed by atoms with Crippen molar-refractivity contribution in [3.05, 3.63) is 22.8 Å². The molecule has 2 saturated carbocycles. The summed E-state index contributed by atoms with van der Waals surface area (Å²) in [6.07, 6.45) is 15.1. The van der Waals surface area contributed by atoms with E-state index in [0.717, 1.165) is 30.4 Å². The molecule has 180 valence electrons. The van der Waals surface area contributed by atoms with E-state index in [4.69, 9.17) is 0 Å². The van der Waals surface area contributed by atoms with Gasteiger partial charge in [0.2, 0.25) is 0 Å². The van der Waals surface area contributed by atoms with Crippen LogP contribution in [0.1, 0.15) is 120 Å². The molecule has 0 bridgehead atoms. The van der Waals surface area contributed by atoms with Gasteiger partial charge in [0.25, 0.3) is 0 Å². The molecule has 0 aromatic carbocycles. The second-order valence-electron chi connectivity index (χ2n) is 13.5. The maximum atomic E-state index is 9.68. The molecule has 1 N–H and O–H groups in total. The monoisotopic (exact) mass is 439 g/mol. The third kappa shape index (κ3) is 3.29. The van der Waals surface area contributed by atoms with Gasteiger partial charge in [-0.25, -0.2) is 0 Å². The van der Waals surface area contributed by atoms with Gasteiger partial charge >= 0.3 is 0 Å². The van der Waals surface area contributed by atoms with Crippen LogP contribution in [-0.4, -0.2) is 10.9 Å². The molecule has 0 amide bonds. The van der Waals surface area contributed by atoms with Gasteiger partial charge in [0.1, 0.15) is 0 Å². The number of allylic oxidation sites excluding steroid dienone is 4. The zero-order valence-electron chi connectivity index (χ0n) is 22.3. The van der Waals surface area contributed by atoms with Crippen molar-refractivity contribution in [1.82, 2.24) is 0 Å². The molecule has 0 aromatic rings. The Bertz CT molecular complexity index is 843. The number of hydrogen-bond acceptors (Lipinski definition) is 2. The minimum absolute atomic E-state index is 0.000410. The Balaban J connectivity index is 1.66. The molecule has 0 aromatic heterocycles. The molecule has 0 radical (unpaired) electrons. The first-order chi connectivity index (χ1) is 14.9. The summed E-state index contributed by atoms with van der Waals surface area (Å²) in [7, 11) is 0. The molecular formula is C30H49NO. The van der Waals surface area contributed by atoms with Crippen LogP contribution >= 0.6 is 0 Å².